The maximum Gasteiger partial charge on any atom is 0.238 e. The first-order chi connectivity index (χ1) is 10.5. The molecule has 1 amide bonds. The average molecular weight is 317 g/mol. The Morgan fingerprint density at radius 1 is 1.14 bits per heavy atom. The lowest BCUT2D eigenvalue weighted by molar-refractivity contribution is -0.117. The Balaban J connectivity index is 1.94. The fourth-order valence-corrected chi connectivity index (χ4v) is 2.65. The number of aryl methyl sites for hydroxylation is 2. The Labute approximate surface area is 136 Å². The van der Waals surface area contributed by atoms with Crippen LogP contribution in [0.15, 0.2) is 42.5 Å². The van der Waals surface area contributed by atoms with Gasteiger partial charge in [0.25, 0.3) is 0 Å². The van der Waals surface area contributed by atoms with Crippen LogP contribution in [0.2, 0.25) is 5.02 Å². The lowest BCUT2D eigenvalue weighted by Gasteiger charge is -2.18. The molecule has 0 aliphatic heterocycles. The van der Waals surface area contributed by atoms with E-state index in [2.05, 4.69) is 5.32 Å². The molecule has 0 radical (unpaired) electrons. The second kappa shape index (κ2) is 7.43. The van der Waals surface area contributed by atoms with Gasteiger partial charge in [-0.3, -0.25) is 9.69 Å². The molecule has 0 aliphatic rings. The van der Waals surface area contributed by atoms with Crippen molar-refractivity contribution in [3.05, 3.63) is 64.2 Å². The van der Waals surface area contributed by atoms with Crippen molar-refractivity contribution < 1.29 is 4.79 Å². The lowest BCUT2D eigenvalue weighted by Crippen LogP contribution is -2.30. The zero-order chi connectivity index (χ0) is 16.1. The number of nitrogens with zero attached hydrogens (tertiary/aromatic N) is 1. The number of hydrogen-bond donors (Lipinski definition) is 1. The molecular weight excluding hydrogens is 296 g/mol. The molecule has 0 saturated carbocycles. The number of amides is 1. The summed E-state index contributed by atoms with van der Waals surface area (Å²) in [5, 5.41) is 3.71. The molecule has 0 aromatic heterocycles. The van der Waals surface area contributed by atoms with Crippen molar-refractivity contribution in [3.8, 4) is 0 Å². The molecule has 2 aromatic rings. The summed E-state index contributed by atoms with van der Waals surface area (Å²) in [6.45, 7) is 5.01. The van der Waals surface area contributed by atoms with Crippen LogP contribution in [0.25, 0.3) is 0 Å². The van der Waals surface area contributed by atoms with E-state index in [0.29, 0.717) is 18.1 Å². The summed E-state index contributed by atoms with van der Waals surface area (Å²) in [6, 6.07) is 13.7. The SMILES string of the molecule is Cc1cccc(C)c1NC(=O)CN(C)Cc1cccc(Cl)c1. The van der Waals surface area contributed by atoms with Gasteiger partial charge in [-0.25, -0.2) is 0 Å². The second-order valence-corrected chi connectivity index (χ2v) is 6.05. The van der Waals surface area contributed by atoms with Gasteiger partial charge >= 0.3 is 0 Å². The highest BCUT2D eigenvalue weighted by Gasteiger charge is 2.10. The standard InChI is InChI=1S/C18H21ClN2O/c1-13-6-4-7-14(2)18(13)20-17(22)12-21(3)11-15-8-5-9-16(19)10-15/h4-10H,11-12H2,1-3H3,(H,20,22). The van der Waals surface area contributed by atoms with E-state index in [1.165, 1.54) is 0 Å². The van der Waals surface area contributed by atoms with Crippen molar-refractivity contribution >= 4 is 23.2 Å². The predicted molar refractivity (Wildman–Crippen MR) is 92.3 cm³/mol. The Morgan fingerprint density at radius 2 is 1.77 bits per heavy atom. The molecule has 0 saturated heterocycles. The first-order valence-electron chi connectivity index (χ1n) is 7.25. The predicted octanol–water partition coefficient (Wildman–Crippen LogP) is 4.03. The number of likely N-dealkylation sites (N-methyl/N-ethyl adjacent to an activating group) is 1. The van der Waals surface area contributed by atoms with Gasteiger partial charge in [-0.05, 0) is 49.7 Å². The minimum atomic E-state index is -0.0121. The van der Waals surface area contributed by atoms with Crippen LogP contribution in [0.5, 0.6) is 0 Å². The van der Waals surface area contributed by atoms with E-state index in [1.807, 2.05) is 68.3 Å². The zero-order valence-electron chi connectivity index (χ0n) is 13.2. The molecule has 2 aromatic carbocycles. The molecule has 116 valence electrons. The topological polar surface area (TPSA) is 32.3 Å². The Bertz CT molecular complexity index is 650. The van der Waals surface area contributed by atoms with Crippen molar-refractivity contribution in [2.75, 3.05) is 18.9 Å². The van der Waals surface area contributed by atoms with Crippen LogP contribution >= 0.6 is 11.6 Å². The van der Waals surface area contributed by atoms with E-state index < -0.39 is 0 Å². The van der Waals surface area contributed by atoms with Gasteiger partial charge in [0.1, 0.15) is 0 Å². The minimum absolute atomic E-state index is 0.0121. The van der Waals surface area contributed by atoms with Crippen LogP contribution < -0.4 is 5.32 Å². The van der Waals surface area contributed by atoms with Gasteiger partial charge in [-0.2, -0.15) is 0 Å². The number of nitrogens with one attached hydrogen (secondary N) is 1. The lowest BCUT2D eigenvalue weighted by atomic mass is 10.1. The number of carbonyl (C=O) groups is 1. The molecule has 0 atom stereocenters. The van der Waals surface area contributed by atoms with E-state index in [0.717, 1.165) is 22.4 Å². The van der Waals surface area contributed by atoms with Gasteiger partial charge in [-0.15, -0.1) is 0 Å². The molecule has 0 heterocycles. The summed E-state index contributed by atoms with van der Waals surface area (Å²) >= 11 is 5.98. The van der Waals surface area contributed by atoms with Crippen LogP contribution in [-0.4, -0.2) is 24.4 Å². The summed E-state index contributed by atoms with van der Waals surface area (Å²) < 4.78 is 0. The largest absolute Gasteiger partial charge is 0.324 e. The fraction of sp³-hybridized carbons (Fsp3) is 0.278. The van der Waals surface area contributed by atoms with Crippen molar-refractivity contribution in [1.29, 1.82) is 0 Å². The van der Waals surface area contributed by atoms with Gasteiger partial charge < -0.3 is 5.32 Å². The van der Waals surface area contributed by atoms with E-state index >= 15 is 0 Å². The zero-order valence-corrected chi connectivity index (χ0v) is 13.9. The molecule has 22 heavy (non-hydrogen) atoms. The first-order valence-corrected chi connectivity index (χ1v) is 7.62. The number of hydrogen-bond acceptors (Lipinski definition) is 2. The van der Waals surface area contributed by atoms with E-state index in [4.69, 9.17) is 11.6 Å². The number of anilines is 1. The average Bonchev–Trinajstić information content (AvgIpc) is 2.43. The molecule has 0 bridgehead atoms. The second-order valence-electron chi connectivity index (χ2n) is 5.62. The van der Waals surface area contributed by atoms with Crippen molar-refractivity contribution in [1.82, 2.24) is 4.90 Å². The molecule has 0 spiro atoms. The molecule has 4 heteroatoms. The molecule has 0 aliphatic carbocycles. The highest BCUT2D eigenvalue weighted by molar-refractivity contribution is 6.30. The molecule has 0 fully saturated rings. The van der Waals surface area contributed by atoms with Crippen LogP contribution in [0.1, 0.15) is 16.7 Å². The molecule has 3 nitrogen and oxygen atoms in total. The summed E-state index contributed by atoms with van der Waals surface area (Å²) in [6.07, 6.45) is 0. The normalized spacial score (nSPS) is 10.8. The minimum Gasteiger partial charge on any atom is -0.324 e. The van der Waals surface area contributed by atoms with Crippen LogP contribution in [-0.2, 0) is 11.3 Å². The van der Waals surface area contributed by atoms with Gasteiger partial charge in [-0.1, -0.05) is 41.9 Å². The molecule has 1 N–H and O–H groups in total. The summed E-state index contributed by atoms with van der Waals surface area (Å²) in [5.74, 6) is -0.0121. The number of para-hydroxylation sites is 1. The highest BCUT2D eigenvalue weighted by atomic mass is 35.5. The Morgan fingerprint density at radius 3 is 2.41 bits per heavy atom. The van der Waals surface area contributed by atoms with E-state index in [-0.39, 0.29) is 5.91 Å². The van der Waals surface area contributed by atoms with Gasteiger partial charge in [0.2, 0.25) is 5.91 Å². The highest BCUT2D eigenvalue weighted by Crippen LogP contribution is 2.19. The smallest absolute Gasteiger partial charge is 0.238 e. The van der Waals surface area contributed by atoms with Crippen molar-refractivity contribution in [2.24, 2.45) is 0 Å². The van der Waals surface area contributed by atoms with E-state index in [1.54, 1.807) is 0 Å². The Hall–Kier alpha value is -1.84. The van der Waals surface area contributed by atoms with Crippen LogP contribution in [0.4, 0.5) is 5.69 Å². The van der Waals surface area contributed by atoms with E-state index in [9.17, 15) is 4.79 Å². The van der Waals surface area contributed by atoms with Crippen LogP contribution in [0.3, 0.4) is 0 Å². The maximum atomic E-state index is 12.2. The molecule has 2 rings (SSSR count). The van der Waals surface area contributed by atoms with Gasteiger partial charge in [0.15, 0.2) is 0 Å². The summed E-state index contributed by atoms with van der Waals surface area (Å²) in [5.41, 5.74) is 4.15. The third kappa shape index (κ3) is 4.58. The molecular formula is C18H21ClN2O. The maximum absolute atomic E-state index is 12.2. The number of rotatable bonds is 5. The third-order valence-electron chi connectivity index (χ3n) is 3.50. The summed E-state index contributed by atoms with van der Waals surface area (Å²) in [7, 11) is 1.92. The fourth-order valence-electron chi connectivity index (χ4n) is 2.44. The number of halogens is 1. The quantitative estimate of drug-likeness (QED) is 0.903. The number of carbonyl (C=O) groups excluding carboxylic acids is 1. The Kier molecular flexibility index (Phi) is 5.58. The van der Waals surface area contributed by atoms with Gasteiger partial charge in [0, 0.05) is 17.3 Å². The third-order valence-corrected chi connectivity index (χ3v) is 3.74. The summed E-state index contributed by atoms with van der Waals surface area (Å²) in [4.78, 5) is 14.2. The van der Waals surface area contributed by atoms with Gasteiger partial charge in [0.05, 0.1) is 6.54 Å². The molecule has 0 unspecified atom stereocenters. The van der Waals surface area contributed by atoms with Crippen LogP contribution in [0, 0.1) is 13.8 Å². The van der Waals surface area contributed by atoms with Crippen molar-refractivity contribution in [3.63, 3.8) is 0 Å². The van der Waals surface area contributed by atoms with Crippen molar-refractivity contribution in [2.45, 2.75) is 20.4 Å². The monoisotopic (exact) mass is 316 g/mol. The first kappa shape index (κ1) is 16.5. The number of benzene rings is 2.